The average Bonchev–Trinajstić information content (AvgIpc) is 3.64. The summed E-state index contributed by atoms with van der Waals surface area (Å²) in [5.74, 6) is -0.736. The highest BCUT2D eigenvalue weighted by Gasteiger charge is 2.58. The first-order valence-corrected chi connectivity index (χ1v) is 14.1. The number of hydrogen-bond donors (Lipinski definition) is 2. The number of halogens is 6. The summed E-state index contributed by atoms with van der Waals surface area (Å²) in [7, 11) is 0. The van der Waals surface area contributed by atoms with Gasteiger partial charge in [-0.1, -0.05) is 17.7 Å². The third-order valence-electron chi connectivity index (χ3n) is 8.87. The number of anilines is 2. The molecule has 3 aromatic heterocycles. The molecule has 45 heavy (non-hydrogen) atoms. The second kappa shape index (κ2) is 10.9. The predicted molar refractivity (Wildman–Crippen MR) is 150 cm³/mol. The number of pyridine rings is 2. The van der Waals surface area contributed by atoms with E-state index in [1.165, 1.54) is 30.6 Å². The Morgan fingerprint density at radius 1 is 1.07 bits per heavy atom. The maximum absolute atomic E-state index is 14.0. The number of nitrogens with zero attached hydrogens (tertiary/aromatic N) is 7. The van der Waals surface area contributed by atoms with Crippen LogP contribution in [0.4, 0.5) is 37.7 Å². The number of alkyl halides is 5. The van der Waals surface area contributed by atoms with Crippen molar-refractivity contribution >= 4 is 22.3 Å². The van der Waals surface area contributed by atoms with Gasteiger partial charge in [-0.05, 0) is 50.8 Å². The second-order valence-electron chi connectivity index (χ2n) is 11.6. The Bertz CT molecular complexity index is 1860. The minimum absolute atomic E-state index is 0.0139. The van der Waals surface area contributed by atoms with E-state index in [1.54, 1.807) is 6.92 Å². The van der Waals surface area contributed by atoms with E-state index in [1.807, 2.05) is 12.1 Å². The SMILES string of the molecule is Cc1nc(F)ccc1[C@H](Nc1cc(C#N)c2ncc(C#N)c(NCC3(C(F)(F)F)CCC3)c2c1)c1cn(C2(C(F)F)CC2)nn1. The van der Waals surface area contributed by atoms with Gasteiger partial charge in [0.15, 0.2) is 0 Å². The maximum atomic E-state index is 14.0. The Balaban J connectivity index is 1.44. The standard InChI is InChI=1S/C30H25F6N9/c1-16-20(3-4-23(31)41-16)26(22-14-45(44-43-22)29(7-8-29)27(32)33)42-19-9-17(11-37)24-21(10-19)25(18(12-38)13-39-24)40-15-28(5-2-6-28)30(34,35)36/h3-4,9-10,13-14,26-27,42H,2,5-8,15H2,1H3,(H,39,40)/t26-/m0/s1. The Morgan fingerprint density at radius 3 is 2.38 bits per heavy atom. The summed E-state index contributed by atoms with van der Waals surface area (Å²) in [6, 6.07) is 8.65. The summed E-state index contributed by atoms with van der Waals surface area (Å²) in [4.78, 5) is 8.12. The molecule has 0 amide bonds. The molecule has 2 aliphatic carbocycles. The molecule has 0 radical (unpaired) electrons. The lowest BCUT2D eigenvalue weighted by molar-refractivity contribution is -0.244. The fourth-order valence-electron chi connectivity index (χ4n) is 5.79. The lowest BCUT2D eigenvalue weighted by Crippen LogP contribution is -2.48. The van der Waals surface area contributed by atoms with Gasteiger partial charge in [0.25, 0.3) is 6.43 Å². The molecule has 1 aromatic carbocycles. The highest BCUT2D eigenvalue weighted by Crippen LogP contribution is 2.53. The molecule has 3 heterocycles. The molecule has 0 unspecified atom stereocenters. The van der Waals surface area contributed by atoms with Crippen molar-refractivity contribution in [3.63, 3.8) is 0 Å². The maximum Gasteiger partial charge on any atom is 0.396 e. The van der Waals surface area contributed by atoms with Crippen molar-refractivity contribution < 1.29 is 26.3 Å². The van der Waals surface area contributed by atoms with Crippen molar-refractivity contribution in [3.05, 3.63) is 70.7 Å². The van der Waals surface area contributed by atoms with E-state index >= 15 is 0 Å². The first-order valence-electron chi connectivity index (χ1n) is 14.1. The Kier molecular flexibility index (Phi) is 7.30. The topological polar surface area (TPSA) is 128 Å². The number of aryl methyl sites for hydroxylation is 1. The summed E-state index contributed by atoms with van der Waals surface area (Å²) in [5.41, 5.74) is -1.93. The van der Waals surface area contributed by atoms with Gasteiger partial charge in [0, 0.05) is 35.1 Å². The monoisotopic (exact) mass is 625 g/mol. The van der Waals surface area contributed by atoms with Gasteiger partial charge in [-0.3, -0.25) is 4.98 Å². The van der Waals surface area contributed by atoms with E-state index in [0.717, 1.165) is 10.7 Å². The summed E-state index contributed by atoms with van der Waals surface area (Å²) >= 11 is 0. The number of nitriles is 2. The van der Waals surface area contributed by atoms with Crippen molar-refractivity contribution in [1.29, 1.82) is 10.5 Å². The van der Waals surface area contributed by atoms with Crippen molar-refractivity contribution in [3.8, 4) is 12.1 Å². The fourth-order valence-corrected chi connectivity index (χ4v) is 5.79. The lowest BCUT2D eigenvalue weighted by atomic mass is 9.68. The molecule has 2 saturated carbocycles. The van der Waals surface area contributed by atoms with E-state index in [2.05, 4.69) is 30.9 Å². The van der Waals surface area contributed by atoms with Gasteiger partial charge in [0.2, 0.25) is 5.95 Å². The first-order chi connectivity index (χ1) is 21.4. The van der Waals surface area contributed by atoms with Crippen LogP contribution in [0.5, 0.6) is 0 Å². The van der Waals surface area contributed by atoms with Gasteiger partial charge in [0.05, 0.1) is 40.0 Å². The molecule has 9 nitrogen and oxygen atoms in total. The molecule has 0 bridgehead atoms. The van der Waals surface area contributed by atoms with Crippen molar-refractivity contribution in [2.24, 2.45) is 5.41 Å². The number of nitrogens with one attached hydrogen (secondary N) is 2. The minimum atomic E-state index is -4.45. The predicted octanol–water partition coefficient (Wildman–Crippen LogP) is 6.51. The number of fused-ring (bicyclic) bond motifs is 1. The van der Waals surface area contributed by atoms with Crippen LogP contribution in [0.25, 0.3) is 10.9 Å². The highest BCUT2D eigenvalue weighted by molar-refractivity contribution is 5.99. The Morgan fingerprint density at radius 2 is 1.80 bits per heavy atom. The van der Waals surface area contributed by atoms with E-state index < -0.39 is 42.1 Å². The lowest BCUT2D eigenvalue weighted by Gasteiger charge is -2.43. The molecule has 0 spiro atoms. The fraction of sp³-hybridized carbons (Fsp3) is 0.400. The van der Waals surface area contributed by atoms with E-state index in [9.17, 15) is 36.9 Å². The molecule has 0 aliphatic heterocycles. The third-order valence-corrected chi connectivity index (χ3v) is 8.87. The van der Waals surface area contributed by atoms with Gasteiger partial charge >= 0.3 is 6.18 Å². The van der Waals surface area contributed by atoms with Crippen LogP contribution >= 0.6 is 0 Å². The molecular formula is C30H25F6N9. The van der Waals surface area contributed by atoms with Gasteiger partial charge in [-0.2, -0.15) is 28.1 Å². The molecule has 2 fully saturated rings. The normalized spacial score (nSPS) is 17.3. The zero-order chi connectivity index (χ0) is 32.1. The van der Waals surface area contributed by atoms with Crippen LogP contribution in [0.2, 0.25) is 0 Å². The smallest absolute Gasteiger partial charge is 0.382 e. The summed E-state index contributed by atoms with van der Waals surface area (Å²) in [6.07, 6.45) is -3.78. The number of hydrogen-bond acceptors (Lipinski definition) is 8. The number of aromatic nitrogens is 5. The van der Waals surface area contributed by atoms with Crippen LogP contribution in [-0.2, 0) is 5.54 Å². The summed E-state index contributed by atoms with van der Waals surface area (Å²) in [5, 5.41) is 34.1. The largest absolute Gasteiger partial charge is 0.396 e. The molecule has 4 aromatic rings. The summed E-state index contributed by atoms with van der Waals surface area (Å²) < 4.78 is 84.5. The molecule has 0 saturated heterocycles. The van der Waals surface area contributed by atoms with Gasteiger partial charge in [-0.15, -0.1) is 5.10 Å². The molecule has 232 valence electrons. The zero-order valence-corrected chi connectivity index (χ0v) is 23.8. The Hall–Kier alpha value is -4.92. The molecule has 1 atom stereocenters. The number of rotatable bonds is 9. The van der Waals surface area contributed by atoms with Gasteiger partial charge in [0.1, 0.15) is 23.4 Å². The molecule has 15 heteroatoms. The van der Waals surface area contributed by atoms with Gasteiger partial charge in [-0.25, -0.2) is 18.4 Å². The first kappa shape index (κ1) is 30.1. The van der Waals surface area contributed by atoms with Crippen LogP contribution in [0.15, 0.2) is 36.7 Å². The van der Waals surface area contributed by atoms with Crippen LogP contribution in [0, 0.1) is 40.9 Å². The minimum Gasteiger partial charge on any atom is -0.382 e. The average molecular weight is 626 g/mol. The molecule has 2 N–H and O–H groups in total. The van der Waals surface area contributed by atoms with Crippen LogP contribution < -0.4 is 10.6 Å². The van der Waals surface area contributed by atoms with Gasteiger partial charge < -0.3 is 10.6 Å². The summed E-state index contributed by atoms with van der Waals surface area (Å²) in [6.45, 7) is 1.09. The highest BCUT2D eigenvalue weighted by atomic mass is 19.4. The van der Waals surface area contributed by atoms with Crippen LogP contribution in [0.3, 0.4) is 0 Å². The van der Waals surface area contributed by atoms with E-state index in [-0.39, 0.29) is 70.5 Å². The van der Waals surface area contributed by atoms with Crippen LogP contribution in [0.1, 0.15) is 66.2 Å². The second-order valence-corrected chi connectivity index (χ2v) is 11.6. The molecule has 6 rings (SSSR count). The molecular weight excluding hydrogens is 600 g/mol. The quantitative estimate of drug-likeness (QED) is 0.159. The zero-order valence-electron chi connectivity index (χ0n) is 23.8. The van der Waals surface area contributed by atoms with Crippen molar-refractivity contribution in [2.75, 3.05) is 17.2 Å². The Labute approximate surface area is 252 Å². The van der Waals surface area contributed by atoms with E-state index in [0.29, 0.717) is 12.0 Å². The van der Waals surface area contributed by atoms with Crippen molar-refractivity contribution in [2.45, 2.75) is 63.2 Å². The molecule has 2 aliphatic rings. The third kappa shape index (κ3) is 5.16. The number of benzene rings is 1. The van der Waals surface area contributed by atoms with E-state index in [4.69, 9.17) is 0 Å². The van der Waals surface area contributed by atoms with Crippen molar-refractivity contribution in [1.82, 2.24) is 25.0 Å². The van der Waals surface area contributed by atoms with Crippen LogP contribution in [-0.4, -0.2) is 44.1 Å².